The highest BCUT2D eigenvalue weighted by atomic mass is 79.9. The van der Waals surface area contributed by atoms with Crippen LogP contribution < -0.4 is 4.74 Å². The van der Waals surface area contributed by atoms with E-state index in [1.165, 1.54) is 11.1 Å². The molecule has 1 aromatic rings. The third kappa shape index (κ3) is 2.66. The lowest BCUT2D eigenvalue weighted by Crippen LogP contribution is -2.19. The van der Waals surface area contributed by atoms with Crippen LogP contribution in [0.3, 0.4) is 0 Å². The van der Waals surface area contributed by atoms with Gasteiger partial charge in [0.1, 0.15) is 5.75 Å². The summed E-state index contributed by atoms with van der Waals surface area (Å²) in [7, 11) is 1.70. The summed E-state index contributed by atoms with van der Waals surface area (Å²) in [6.07, 6.45) is 1.44. The van der Waals surface area contributed by atoms with E-state index in [0.717, 1.165) is 18.8 Å². The van der Waals surface area contributed by atoms with Gasteiger partial charge in [-0.2, -0.15) is 0 Å². The third-order valence-corrected chi connectivity index (χ3v) is 4.52. The molecular formula is C14H19BrO2. The second kappa shape index (κ2) is 5.40. The van der Waals surface area contributed by atoms with Crippen LogP contribution in [-0.2, 0) is 4.74 Å². The van der Waals surface area contributed by atoms with E-state index in [2.05, 4.69) is 41.9 Å². The summed E-state index contributed by atoms with van der Waals surface area (Å²) < 4.78 is 11.1. The van der Waals surface area contributed by atoms with Crippen LogP contribution in [-0.4, -0.2) is 19.8 Å². The molecule has 3 heteroatoms. The van der Waals surface area contributed by atoms with Crippen LogP contribution in [0.4, 0.5) is 0 Å². The van der Waals surface area contributed by atoms with Gasteiger partial charge in [0, 0.05) is 6.61 Å². The Balaban J connectivity index is 2.19. The molecule has 1 fully saturated rings. The summed E-state index contributed by atoms with van der Waals surface area (Å²) >= 11 is 3.77. The van der Waals surface area contributed by atoms with Crippen molar-refractivity contribution < 1.29 is 9.47 Å². The monoisotopic (exact) mass is 298 g/mol. The summed E-state index contributed by atoms with van der Waals surface area (Å²) in [5.74, 6) is 1.55. The first-order chi connectivity index (χ1) is 8.13. The lowest BCUT2D eigenvalue weighted by molar-refractivity contribution is 0.0935. The number of hydrogen-bond donors (Lipinski definition) is 0. The third-order valence-electron chi connectivity index (χ3n) is 3.47. The molecule has 0 saturated carbocycles. The normalized spacial score (nSPS) is 25.9. The first kappa shape index (κ1) is 12.9. The number of alkyl halides is 1. The average molecular weight is 299 g/mol. The van der Waals surface area contributed by atoms with Crippen LogP contribution in [0.5, 0.6) is 5.75 Å². The molecule has 0 amide bonds. The van der Waals surface area contributed by atoms with Gasteiger partial charge in [-0.05, 0) is 36.5 Å². The largest absolute Gasteiger partial charge is 0.496 e. The Labute approximate surface area is 111 Å². The summed E-state index contributed by atoms with van der Waals surface area (Å²) in [6.45, 7) is 5.20. The number of hydrogen-bond acceptors (Lipinski definition) is 2. The summed E-state index contributed by atoms with van der Waals surface area (Å²) in [5.41, 5.74) is 2.43. The standard InChI is InChI=1S/C14H19BrO2/c1-9-6-7-17-14(9)13(15)11-4-5-12(16-3)10(2)8-11/h4-5,8-9,13-14H,6-7H2,1-3H3. The van der Waals surface area contributed by atoms with E-state index >= 15 is 0 Å². The van der Waals surface area contributed by atoms with E-state index < -0.39 is 0 Å². The molecule has 2 nitrogen and oxygen atoms in total. The highest BCUT2D eigenvalue weighted by Crippen LogP contribution is 2.38. The average Bonchev–Trinajstić information content (AvgIpc) is 2.74. The van der Waals surface area contributed by atoms with Crippen LogP contribution in [0.15, 0.2) is 18.2 Å². The number of methoxy groups -OCH3 is 1. The quantitative estimate of drug-likeness (QED) is 0.789. The maximum Gasteiger partial charge on any atom is 0.121 e. The van der Waals surface area contributed by atoms with Gasteiger partial charge in [-0.3, -0.25) is 0 Å². The second-order valence-electron chi connectivity index (χ2n) is 4.73. The van der Waals surface area contributed by atoms with Gasteiger partial charge in [0.05, 0.1) is 18.0 Å². The molecule has 1 saturated heterocycles. The fourth-order valence-corrected chi connectivity index (χ4v) is 3.31. The number of aryl methyl sites for hydroxylation is 1. The van der Waals surface area contributed by atoms with Crippen molar-refractivity contribution in [2.24, 2.45) is 5.92 Å². The zero-order valence-electron chi connectivity index (χ0n) is 10.6. The van der Waals surface area contributed by atoms with Crippen molar-refractivity contribution >= 4 is 15.9 Å². The van der Waals surface area contributed by atoms with Crippen LogP contribution in [0.25, 0.3) is 0 Å². The smallest absolute Gasteiger partial charge is 0.121 e. The molecule has 94 valence electrons. The Bertz CT molecular complexity index is 392. The van der Waals surface area contributed by atoms with E-state index in [-0.39, 0.29) is 10.9 Å². The van der Waals surface area contributed by atoms with E-state index in [9.17, 15) is 0 Å². The molecule has 0 radical (unpaired) electrons. The van der Waals surface area contributed by atoms with Gasteiger partial charge in [0.15, 0.2) is 0 Å². The van der Waals surface area contributed by atoms with Crippen molar-refractivity contribution in [1.82, 2.24) is 0 Å². The van der Waals surface area contributed by atoms with Crippen molar-refractivity contribution in [3.8, 4) is 5.75 Å². The SMILES string of the molecule is COc1ccc(C(Br)C2OCCC2C)cc1C. The van der Waals surface area contributed by atoms with Gasteiger partial charge in [-0.15, -0.1) is 0 Å². The molecule has 0 spiro atoms. The molecule has 0 aromatic heterocycles. The molecular weight excluding hydrogens is 280 g/mol. The summed E-state index contributed by atoms with van der Waals surface area (Å²) in [6, 6.07) is 6.31. The zero-order valence-corrected chi connectivity index (χ0v) is 12.2. The van der Waals surface area contributed by atoms with E-state index in [0.29, 0.717) is 5.92 Å². The van der Waals surface area contributed by atoms with Crippen LogP contribution in [0.1, 0.15) is 29.3 Å². The number of benzene rings is 1. The number of halogens is 1. The van der Waals surface area contributed by atoms with Crippen LogP contribution >= 0.6 is 15.9 Å². The molecule has 1 heterocycles. The van der Waals surface area contributed by atoms with Gasteiger partial charge >= 0.3 is 0 Å². The van der Waals surface area contributed by atoms with E-state index in [1.807, 2.05) is 6.07 Å². The summed E-state index contributed by atoms with van der Waals surface area (Å²) in [5, 5.41) is 0. The molecule has 0 aliphatic carbocycles. The predicted molar refractivity (Wildman–Crippen MR) is 72.9 cm³/mol. The summed E-state index contributed by atoms with van der Waals surface area (Å²) in [4.78, 5) is 0.268. The molecule has 17 heavy (non-hydrogen) atoms. The Morgan fingerprint density at radius 3 is 2.76 bits per heavy atom. The van der Waals surface area contributed by atoms with Gasteiger partial charge in [-0.1, -0.05) is 35.0 Å². The van der Waals surface area contributed by atoms with Crippen molar-refractivity contribution in [1.29, 1.82) is 0 Å². The van der Waals surface area contributed by atoms with E-state index in [1.54, 1.807) is 7.11 Å². The number of ether oxygens (including phenoxy) is 2. The van der Waals surface area contributed by atoms with Crippen LogP contribution in [0.2, 0.25) is 0 Å². The second-order valence-corrected chi connectivity index (χ2v) is 5.72. The minimum absolute atomic E-state index is 0.268. The molecule has 1 aromatic carbocycles. The Hall–Kier alpha value is -0.540. The number of rotatable bonds is 3. The molecule has 0 bridgehead atoms. The van der Waals surface area contributed by atoms with Crippen molar-refractivity contribution in [2.45, 2.75) is 31.2 Å². The maximum atomic E-state index is 5.80. The lowest BCUT2D eigenvalue weighted by atomic mass is 9.96. The van der Waals surface area contributed by atoms with Gasteiger partial charge in [0.2, 0.25) is 0 Å². The lowest BCUT2D eigenvalue weighted by Gasteiger charge is -2.22. The van der Waals surface area contributed by atoms with Crippen molar-refractivity contribution in [3.63, 3.8) is 0 Å². The highest BCUT2D eigenvalue weighted by Gasteiger charge is 2.31. The minimum Gasteiger partial charge on any atom is -0.496 e. The maximum absolute atomic E-state index is 5.80. The topological polar surface area (TPSA) is 18.5 Å². The zero-order chi connectivity index (χ0) is 12.4. The molecule has 0 N–H and O–H groups in total. The first-order valence-corrected chi connectivity index (χ1v) is 6.95. The predicted octanol–water partition coefficient (Wildman–Crippen LogP) is 3.86. The molecule has 1 aliphatic heterocycles. The van der Waals surface area contributed by atoms with E-state index in [4.69, 9.17) is 9.47 Å². The van der Waals surface area contributed by atoms with Crippen molar-refractivity contribution in [2.75, 3.05) is 13.7 Å². The van der Waals surface area contributed by atoms with Gasteiger partial charge < -0.3 is 9.47 Å². The Kier molecular flexibility index (Phi) is 4.10. The molecule has 1 aliphatic rings. The molecule has 3 unspecified atom stereocenters. The first-order valence-electron chi connectivity index (χ1n) is 6.03. The van der Waals surface area contributed by atoms with Crippen molar-refractivity contribution in [3.05, 3.63) is 29.3 Å². The molecule has 3 atom stereocenters. The Morgan fingerprint density at radius 2 is 2.24 bits per heavy atom. The van der Waals surface area contributed by atoms with Gasteiger partial charge in [0.25, 0.3) is 0 Å². The van der Waals surface area contributed by atoms with Crippen LogP contribution in [0, 0.1) is 12.8 Å². The fourth-order valence-electron chi connectivity index (χ4n) is 2.35. The Morgan fingerprint density at radius 1 is 1.47 bits per heavy atom. The highest BCUT2D eigenvalue weighted by molar-refractivity contribution is 9.09. The molecule has 2 rings (SSSR count). The minimum atomic E-state index is 0.268. The van der Waals surface area contributed by atoms with Gasteiger partial charge in [-0.25, -0.2) is 0 Å². The fraction of sp³-hybridized carbons (Fsp3) is 0.571.